The van der Waals surface area contributed by atoms with Gasteiger partial charge in [0.05, 0.1) is 17.6 Å². The van der Waals surface area contributed by atoms with E-state index >= 15 is 0 Å². The third kappa shape index (κ3) is 2.73. The molecule has 0 aromatic carbocycles. The lowest BCUT2D eigenvalue weighted by Gasteiger charge is -1.96. The SMILES string of the molecule is Cc1c(Cc2nc(-c3csc(C(C)C)n3)no2)cnn1C. The predicted octanol–water partition coefficient (Wildman–Crippen LogP) is 2.95. The van der Waals surface area contributed by atoms with Crippen LogP contribution in [0.2, 0.25) is 0 Å². The van der Waals surface area contributed by atoms with Crippen molar-refractivity contribution in [2.24, 2.45) is 7.05 Å². The van der Waals surface area contributed by atoms with E-state index in [1.807, 2.05) is 30.2 Å². The molecule has 0 N–H and O–H groups in total. The molecule has 0 unspecified atom stereocenters. The Hall–Kier alpha value is -2.02. The smallest absolute Gasteiger partial charge is 0.231 e. The fourth-order valence-electron chi connectivity index (χ4n) is 1.97. The Morgan fingerprint density at radius 2 is 2.14 bits per heavy atom. The van der Waals surface area contributed by atoms with Crippen LogP contribution in [-0.2, 0) is 13.5 Å². The second kappa shape index (κ2) is 5.40. The van der Waals surface area contributed by atoms with Crippen molar-refractivity contribution >= 4 is 11.3 Å². The van der Waals surface area contributed by atoms with E-state index in [0.29, 0.717) is 24.1 Å². The zero-order valence-electron chi connectivity index (χ0n) is 12.5. The summed E-state index contributed by atoms with van der Waals surface area (Å²) < 4.78 is 7.16. The van der Waals surface area contributed by atoms with Gasteiger partial charge in [-0.1, -0.05) is 19.0 Å². The summed E-state index contributed by atoms with van der Waals surface area (Å²) in [5.41, 5.74) is 2.97. The highest BCUT2D eigenvalue weighted by atomic mass is 32.1. The van der Waals surface area contributed by atoms with E-state index < -0.39 is 0 Å². The van der Waals surface area contributed by atoms with Gasteiger partial charge in [-0.2, -0.15) is 10.1 Å². The molecule has 7 heteroatoms. The van der Waals surface area contributed by atoms with Crippen molar-refractivity contribution in [3.63, 3.8) is 0 Å². The summed E-state index contributed by atoms with van der Waals surface area (Å²) in [6, 6.07) is 0. The average Bonchev–Trinajstić information content (AvgIpc) is 3.15. The number of hydrogen-bond donors (Lipinski definition) is 0. The molecule has 0 saturated carbocycles. The van der Waals surface area contributed by atoms with Crippen LogP contribution in [0.15, 0.2) is 16.1 Å². The lowest BCUT2D eigenvalue weighted by molar-refractivity contribution is 0.385. The first kappa shape index (κ1) is 13.9. The highest BCUT2D eigenvalue weighted by Crippen LogP contribution is 2.24. The van der Waals surface area contributed by atoms with Crippen molar-refractivity contribution in [3.05, 3.63) is 33.7 Å². The summed E-state index contributed by atoms with van der Waals surface area (Å²) in [5.74, 6) is 1.54. The van der Waals surface area contributed by atoms with Crippen molar-refractivity contribution in [2.75, 3.05) is 0 Å². The maximum Gasteiger partial charge on any atom is 0.231 e. The van der Waals surface area contributed by atoms with E-state index in [9.17, 15) is 0 Å². The van der Waals surface area contributed by atoms with E-state index in [2.05, 4.69) is 34.1 Å². The van der Waals surface area contributed by atoms with Crippen LogP contribution in [0.1, 0.15) is 41.9 Å². The van der Waals surface area contributed by atoms with E-state index in [-0.39, 0.29) is 0 Å². The topological polar surface area (TPSA) is 69.6 Å². The molecule has 0 bridgehead atoms. The molecule has 0 atom stereocenters. The number of thiazole rings is 1. The molecule has 0 aliphatic rings. The van der Waals surface area contributed by atoms with Crippen LogP contribution in [0, 0.1) is 6.92 Å². The first-order valence-electron chi connectivity index (χ1n) is 6.80. The quantitative estimate of drug-likeness (QED) is 0.741. The Labute approximate surface area is 126 Å². The van der Waals surface area contributed by atoms with Crippen molar-refractivity contribution < 1.29 is 4.52 Å². The normalized spacial score (nSPS) is 11.5. The van der Waals surface area contributed by atoms with Gasteiger partial charge >= 0.3 is 0 Å². The molecule has 3 aromatic rings. The maximum absolute atomic E-state index is 5.32. The average molecular weight is 303 g/mol. The molecule has 0 fully saturated rings. The summed E-state index contributed by atoms with van der Waals surface area (Å²) in [7, 11) is 1.92. The number of hydrogen-bond acceptors (Lipinski definition) is 6. The molecule has 110 valence electrons. The standard InChI is InChI=1S/C14H17N5OS/c1-8(2)14-16-11(7-21-14)13-17-12(20-18-13)5-10-6-15-19(4)9(10)3/h6-8H,5H2,1-4H3. The van der Waals surface area contributed by atoms with Gasteiger partial charge < -0.3 is 4.52 Å². The van der Waals surface area contributed by atoms with Gasteiger partial charge in [0.2, 0.25) is 11.7 Å². The molecule has 3 rings (SSSR count). The van der Waals surface area contributed by atoms with Crippen LogP contribution < -0.4 is 0 Å². The van der Waals surface area contributed by atoms with Gasteiger partial charge in [-0.05, 0) is 6.92 Å². The first-order valence-corrected chi connectivity index (χ1v) is 7.68. The van der Waals surface area contributed by atoms with E-state index in [4.69, 9.17) is 4.52 Å². The van der Waals surface area contributed by atoms with Crippen molar-refractivity contribution in [2.45, 2.75) is 33.1 Å². The van der Waals surface area contributed by atoms with Crippen molar-refractivity contribution in [1.82, 2.24) is 24.9 Å². The van der Waals surface area contributed by atoms with Gasteiger partial charge in [0.1, 0.15) is 5.69 Å². The fourth-order valence-corrected chi connectivity index (χ4v) is 2.78. The highest BCUT2D eigenvalue weighted by molar-refractivity contribution is 7.10. The molecule has 0 spiro atoms. The molecular formula is C14H17N5OS. The monoisotopic (exact) mass is 303 g/mol. The van der Waals surface area contributed by atoms with E-state index in [0.717, 1.165) is 22.0 Å². The third-order valence-corrected chi connectivity index (χ3v) is 4.54. The molecule has 0 radical (unpaired) electrons. The minimum atomic E-state index is 0.410. The van der Waals surface area contributed by atoms with Crippen LogP contribution in [0.3, 0.4) is 0 Å². The highest BCUT2D eigenvalue weighted by Gasteiger charge is 2.15. The molecule has 0 aliphatic heterocycles. The largest absolute Gasteiger partial charge is 0.339 e. The third-order valence-electron chi connectivity index (χ3n) is 3.39. The molecular weight excluding hydrogens is 286 g/mol. The maximum atomic E-state index is 5.32. The Morgan fingerprint density at radius 1 is 1.33 bits per heavy atom. The van der Waals surface area contributed by atoms with Gasteiger partial charge in [0.25, 0.3) is 0 Å². The number of aryl methyl sites for hydroxylation is 1. The van der Waals surface area contributed by atoms with Crippen LogP contribution in [0.25, 0.3) is 11.5 Å². The molecule has 21 heavy (non-hydrogen) atoms. The minimum absolute atomic E-state index is 0.410. The lowest BCUT2D eigenvalue weighted by Crippen LogP contribution is -1.95. The molecule has 6 nitrogen and oxygen atoms in total. The summed E-state index contributed by atoms with van der Waals surface area (Å²) in [6.45, 7) is 6.26. The second-order valence-corrected chi connectivity index (χ2v) is 6.18. The summed E-state index contributed by atoms with van der Waals surface area (Å²) in [6.07, 6.45) is 2.42. The summed E-state index contributed by atoms with van der Waals surface area (Å²) >= 11 is 1.63. The molecule has 3 heterocycles. The van der Waals surface area contributed by atoms with Crippen LogP contribution >= 0.6 is 11.3 Å². The van der Waals surface area contributed by atoms with Gasteiger partial charge in [-0.3, -0.25) is 4.68 Å². The number of nitrogens with zero attached hydrogens (tertiary/aromatic N) is 5. The molecule has 3 aromatic heterocycles. The molecule has 0 aliphatic carbocycles. The van der Waals surface area contributed by atoms with Crippen molar-refractivity contribution in [3.8, 4) is 11.5 Å². The van der Waals surface area contributed by atoms with E-state index in [1.165, 1.54) is 0 Å². The molecule has 0 saturated heterocycles. The summed E-state index contributed by atoms with van der Waals surface area (Å²) in [4.78, 5) is 8.97. The van der Waals surface area contributed by atoms with Gasteiger partial charge in [0.15, 0.2) is 0 Å². The second-order valence-electron chi connectivity index (χ2n) is 5.29. The zero-order chi connectivity index (χ0) is 15.0. The van der Waals surface area contributed by atoms with Gasteiger partial charge in [-0.15, -0.1) is 11.3 Å². The lowest BCUT2D eigenvalue weighted by atomic mass is 10.2. The van der Waals surface area contributed by atoms with Gasteiger partial charge in [0, 0.05) is 29.6 Å². The fraction of sp³-hybridized carbons (Fsp3) is 0.429. The Kier molecular flexibility index (Phi) is 3.59. The molecule has 0 amide bonds. The van der Waals surface area contributed by atoms with Crippen molar-refractivity contribution in [1.29, 1.82) is 0 Å². The Bertz CT molecular complexity index is 755. The zero-order valence-corrected chi connectivity index (χ0v) is 13.3. The number of rotatable bonds is 4. The van der Waals surface area contributed by atoms with Gasteiger partial charge in [-0.25, -0.2) is 4.98 Å². The first-order chi connectivity index (χ1) is 10.0. The Morgan fingerprint density at radius 3 is 2.76 bits per heavy atom. The summed E-state index contributed by atoms with van der Waals surface area (Å²) in [5, 5.41) is 11.3. The Balaban J connectivity index is 1.81. The van der Waals surface area contributed by atoms with Crippen LogP contribution in [0.5, 0.6) is 0 Å². The van der Waals surface area contributed by atoms with E-state index in [1.54, 1.807) is 11.3 Å². The predicted molar refractivity (Wildman–Crippen MR) is 80.2 cm³/mol. The number of aromatic nitrogens is 5. The van der Waals surface area contributed by atoms with Crippen LogP contribution in [-0.4, -0.2) is 24.9 Å². The minimum Gasteiger partial charge on any atom is -0.339 e. The van der Waals surface area contributed by atoms with Crippen LogP contribution in [0.4, 0.5) is 0 Å².